The molecular weight excluding hydrogens is 202 g/mol. The maximum absolute atomic E-state index is 11.5. The van der Waals surface area contributed by atoms with E-state index in [-0.39, 0.29) is 11.6 Å². The summed E-state index contributed by atoms with van der Waals surface area (Å²) >= 11 is 0. The average Bonchev–Trinajstić information content (AvgIpc) is 2.14. The van der Waals surface area contributed by atoms with Crippen molar-refractivity contribution in [3.8, 4) is 0 Å². The lowest BCUT2D eigenvalue weighted by Gasteiger charge is -2.29. The molecule has 0 heterocycles. The minimum Gasteiger partial charge on any atom is -0.459 e. The molecule has 1 aliphatic carbocycles. The largest absolute Gasteiger partial charge is 0.459 e. The number of esters is 1. The Hall–Kier alpha value is -0.570. The molecule has 0 radical (unpaired) electrons. The van der Waals surface area contributed by atoms with Gasteiger partial charge in [0.15, 0.2) is 0 Å². The van der Waals surface area contributed by atoms with E-state index in [9.17, 15) is 4.79 Å². The van der Waals surface area contributed by atoms with E-state index >= 15 is 0 Å². The molecule has 1 fully saturated rings. The molecule has 0 aromatic carbocycles. The maximum atomic E-state index is 11.5. The van der Waals surface area contributed by atoms with E-state index in [0.717, 1.165) is 0 Å². The van der Waals surface area contributed by atoms with E-state index < -0.39 is 0 Å². The molecule has 0 aromatic heterocycles. The summed E-state index contributed by atoms with van der Waals surface area (Å²) in [6, 6.07) is 0.487. The van der Waals surface area contributed by atoms with Gasteiger partial charge >= 0.3 is 5.97 Å². The zero-order chi connectivity index (χ0) is 12.2. The summed E-state index contributed by atoms with van der Waals surface area (Å²) in [5.74, 6) is 0.529. The lowest BCUT2D eigenvalue weighted by atomic mass is 9.86. The van der Waals surface area contributed by atoms with Gasteiger partial charge in [-0.15, -0.1) is 0 Å². The quantitative estimate of drug-likeness (QED) is 0.753. The molecule has 0 bridgehead atoms. The second-order valence-corrected chi connectivity index (χ2v) is 5.84. The van der Waals surface area contributed by atoms with Crippen LogP contribution in [0.15, 0.2) is 0 Å². The minimum atomic E-state index is -0.378. The topological polar surface area (TPSA) is 38.3 Å². The molecule has 1 N–H and O–H groups in total. The molecular formula is C13H25NO2. The van der Waals surface area contributed by atoms with Crippen molar-refractivity contribution in [2.24, 2.45) is 5.92 Å². The first-order valence-electron chi connectivity index (χ1n) is 6.34. The van der Waals surface area contributed by atoms with Gasteiger partial charge in [-0.1, -0.05) is 19.8 Å². The van der Waals surface area contributed by atoms with Crippen LogP contribution in [0.5, 0.6) is 0 Å². The molecule has 0 spiro atoms. The average molecular weight is 227 g/mol. The van der Waals surface area contributed by atoms with E-state index in [1.54, 1.807) is 0 Å². The van der Waals surface area contributed by atoms with Gasteiger partial charge in [-0.3, -0.25) is 4.79 Å². The highest BCUT2D eigenvalue weighted by atomic mass is 16.6. The van der Waals surface area contributed by atoms with E-state index in [0.29, 0.717) is 18.5 Å². The van der Waals surface area contributed by atoms with Gasteiger partial charge in [0, 0.05) is 6.04 Å². The van der Waals surface area contributed by atoms with E-state index in [1.807, 2.05) is 20.8 Å². The van der Waals surface area contributed by atoms with Crippen molar-refractivity contribution < 1.29 is 9.53 Å². The van der Waals surface area contributed by atoms with Gasteiger partial charge in [-0.2, -0.15) is 0 Å². The molecule has 2 unspecified atom stereocenters. The van der Waals surface area contributed by atoms with Crippen LogP contribution in [0.1, 0.15) is 53.4 Å². The second kappa shape index (κ2) is 5.67. The number of nitrogens with one attached hydrogen (secondary N) is 1. The fourth-order valence-corrected chi connectivity index (χ4v) is 2.21. The molecule has 0 saturated heterocycles. The van der Waals surface area contributed by atoms with Crippen molar-refractivity contribution in [3.63, 3.8) is 0 Å². The molecule has 0 aromatic rings. The molecule has 3 nitrogen and oxygen atoms in total. The summed E-state index contributed by atoms with van der Waals surface area (Å²) in [5.41, 5.74) is -0.378. The first-order chi connectivity index (χ1) is 7.38. The summed E-state index contributed by atoms with van der Waals surface area (Å²) in [4.78, 5) is 11.5. The van der Waals surface area contributed by atoms with Crippen molar-refractivity contribution in [1.82, 2.24) is 5.32 Å². The van der Waals surface area contributed by atoms with Crippen molar-refractivity contribution in [1.29, 1.82) is 0 Å². The lowest BCUT2D eigenvalue weighted by molar-refractivity contribution is -0.153. The van der Waals surface area contributed by atoms with Crippen LogP contribution in [0.4, 0.5) is 0 Å². The van der Waals surface area contributed by atoms with Crippen molar-refractivity contribution in [2.45, 2.75) is 65.0 Å². The Bertz CT molecular complexity index is 233. The predicted octanol–water partition coefficient (Wildman–Crippen LogP) is 2.50. The van der Waals surface area contributed by atoms with Gasteiger partial charge in [0.05, 0.1) is 6.54 Å². The standard InChI is InChI=1S/C13H25NO2/c1-10-7-5-6-8-11(10)14-9-12(15)16-13(2,3)4/h10-11,14H,5-9H2,1-4H3. The lowest BCUT2D eigenvalue weighted by Crippen LogP contribution is -2.41. The number of rotatable bonds is 3. The molecule has 0 aliphatic heterocycles. The summed E-state index contributed by atoms with van der Waals surface area (Å²) in [6.07, 6.45) is 5.05. The first kappa shape index (κ1) is 13.5. The van der Waals surface area contributed by atoms with Crippen LogP contribution in [0.25, 0.3) is 0 Å². The molecule has 1 aliphatic rings. The Kier molecular flexibility index (Phi) is 4.78. The molecule has 3 heteroatoms. The molecule has 0 amide bonds. The normalized spacial score (nSPS) is 26.5. The highest BCUT2D eigenvalue weighted by Gasteiger charge is 2.22. The summed E-state index contributed by atoms with van der Waals surface area (Å²) in [5, 5.41) is 3.32. The van der Waals surface area contributed by atoms with E-state index in [4.69, 9.17) is 4.74 Å². The molecule has 94 valence electrons. The van der Waals surface area contributed by atoms with Crippen LogP contribution in [0.3, 0.4) is 0 Å². The highest BCUT2D eigenvalue weighted by Crippen LogP contribution is 2.23. The third-order valence-electron chi connectivity index (χ3n) is 3.04. The van der Waals surface area contributed by atoms with Crippen molar-refractivity contribution in [3.05, 3.63) is 0 Å². The van der Waals surface area contributed by atoms with Gasteiger partial charge in [0.2, 0.25) is 0 Å². The Morgan fingerprint density at radius 1 is 1.31 bits per heavy atom. The number of carbonyl (C=O) groups excluding carboxylic acids is 1. The first-order valence-corrected chi connectivity index (χ1v) is 6.34. The van der Waals surface area contributed by atoms with Gasteiger partial charge in [-0.25, -0.2) is 0 Å². The maximum Gasteiger partial charge on any atom is 0.320 e. The third kappa shape index (κ3) is 4.97. The van der Waals surface area contributed by atoms with Gasteiger partial charge in [-0.05, 0) is 39.5 Å². The van der Waals surface area contributed by atoms with Crippen LogP contribution >= 0.6 is 0 Å². The monoisotopic (exact) mass is 227 g/mol. The summed E-state index contributed by atoms with van der Waals surface area (Å²) < 4.78 is 5.26. The van der Waals surface area contributed by atoms with Crippen LogP contribution in [-0.2, 0) is 9.53 Å². The van der Waals surface area contributed by atoms with Crippen molar-refractivity contribution >= 4 is 5.97 Å². The number of carbonyl (C=O) groups is 1. The second-order valence-electron chi connectivity index (χ2n) is 5.84. The van der Waals surface area contributed by atoms with Crippen LogP contribution in [-0.4, -0.2) is 24.2 Å². The third-order valence-corrected chi connectivity index (χ3v) is 3.04. The van der Waals surface area contributed by atoms with Gasteiger partial charge < -0.3 is 10.1 Å². The fourth-order valence-electron chi connectivity index (χ4n) is 2.21. The Morgan fingerprint density at radius 2 is 1.94 bits per heavy atom. The Morgan fingerprint density at radius 3 is 2.50 bits per heavy atom. The Balaban J connectivity index is 2.25. The molecule has 1 rings (SSSR count). The van der Waals surface area contributed by atoms with Crippen molar-refractivity contribution in [2.75, 3.05) is 6.54 Å². The summed E-state index contributed by atoms with van der Waals surface area (Å²) in [7, 11) is 0. The summed E-state index contributed by atoms with van der Waals surface area (Å²) in [6.45, 7) is 8.29. The number of ether oxygens (including phenoxy) is 1. The number of hydrogen-bond acceptors (Lipinski definition) is 3. The van der Waals surface area contributed by atoms with Gasteiger partial charge in [0.1, 0.15) is 5.60 Å². The Labute approximate surface area is 98.9 Å². The molecule has 2 atom stereocenters. The molecule has 1 saturated carbocycles. The minimum absolute atomic E-state index is 0.148. The van der Waals surface area contributed by atoms with E-state index in [1.165, 1.54) is 25.7 Å². The zero-order valence-corrected chi connectivity index (χ0v) is 11.0. The predicted molar refractivity (Wildman–Crippen MR) is 65.3 cm³/mol. The van der Waals surface area contributed by atoms with E-state index in [2.05, 4.69) is 12.2 Å². The van der Waals surface area contributed by atoms with Crippen LogP contribution in [0, 0.1) is 5.92 Å². The van der Waals surface area contributed by atoms with Crippen LogP contribution < -0.4 is 5.32 Å². The van der Waals surface area contributed by atoms with Gasteiger partial charge in [0.25, 0.3) is 0 Å². The highest BCUT2D eigenvalue weighted by molar-refractivity contribution is 5.72. The SMILES string of the molecule is CC1CCCCC1NCC(=O)OC(C)(C)C. The fraction of sp³-hybridized carbons (Fsp3) is 0.923. The van der Waals surface area contributed by atoms with Crippen LogP contribution in [0.2, 0.25) is 0 Å². The zero-order valence-electron chi connectivity index (χ0n) is 11.0. The smallest absolute Gasteiger partial charge is 0.320 e. The molecule has 16 heavy (non-hydrogen) atoms. The number of hydrogen-bond donors (Lipinski definition) is 1.